The van der Waals surface area contributed by atoms with Crippen molar-refractivity contribution >= 4 is 17.6 Å². The number of anilines is 1. The van der Waals surface area contributed by atoms with Crippen molar-refractivity contribution in [2.75, 3.05) is 25.0 Å². The third-order valence-corrected chi connectivity index (χ3v) is 6.39. The zero-order valence-electron chi connectivity index (χ0n) is 21.8. The molecule has 6 heteroatoms. The quantitative estimate of drug-likeness (QED) is 0.405. The number of nitrogens with one attached hydrogen (secondary N) is 3. The Bertz CT molecular complexity index is 919. The van der Waals surface area contributed by atoms with Crippen LogP contribution in [0.3, 0.4) is 0 Å². The molecule has 35 heavy (non-hydrogen) atoms. The number of amides is 1. The molecule has 2 fully saturated rings. The molecule has 192 valence electrons. The number of carboxylic acid groups (broad SMARTS) is 1. The van der Waals surface area contributed by atoms with Crippen molar-refractivity contribution in [3.63, 3.8) is 0 Å². The summed E-state index contributed by atoms with van der Waals surface area (Å²) in [6.07, 6.45) is 16.1. The molecule has 0 aromatic heterocycles. The van der Waals surface area contributed by atoms with E-state index in [2.05, 4.69) is 28.1 Å². The standard InChI is InChI=1S/C11H15NO.C10H13NO2.C8H15N/c1-3-4-9(2)7-10-5-6-12-11(13)8-10;1-7(2)11-9-6-4-3-5-8(9)10(12)13;1-2-4-8(5-3-1)6-9-7-8/h3-5,7H,6,8H2,1-2H3,(H,12,13);3-7,11H,1-2H3,(H,12,13);9H,1-7H2/b4-3-,9-7-;;. The summed E-state index contributed by atoms with van der Waals surface area (Å²) < 4.78 is 0. The van der Waals surface area contributed by atoms with Gasteiger partial charge in [-0.1, -0.05) is 61.3 Å². The van der Waals surface area contributed by atoms with Crippen LogP contribution in [0, 0.1) is 5.41 Å². The highest BCUT2D eigenvalue weighted by molar-refractivity contribution is 5.94. The normalized spacial score (nSPS) is 18.9. The molecule has 6 nitrogen and oxygen atoms in total. The first kappa shape index (κ1) is 28.4. The fourth-order valence-electron chi connectivity index (χ4n) is 4.57. The second kappa shape index (κ2) is 14.5. The van der Waals surface area contributed by atoms with Crippen molar-refractivity contribution in [1.29, 1.82) is 0 Å². The van der Waals surface area contributed by atoms with Crippen LogP contribution in [0.1, 0.15) is 76.6 Å². The fraction of sp³-hybridized carbons (Fsp3) is 0.517. The zero-order chi connectivity index (χ0) is 25.7. The largest absolute Gasteiger partial charge is 0.478 e. The Labute approximate surface area is 211 Å². The first-order valence-electron chi connectivity index (χ1n) is 12.8. The van der Waals surface area contributed by atoms with Gasteiger partial charge in [-0.15, -0.1) is 0 Å². The number of carbonyl (C=O) groups excluding carboxylic acids is 1. The van der Waals surface area contributed by atoms with E-state index in [1.807, 2.05) is 45.9 Å². The highest BCUT2D eigenvalue weighted by atomic mass is 16.4. The Morgan fingerprint density at radius 1 is 1.14 bits per heavy atom. The van der Waals surface area contributed by atoms with Crippen LogP contribution in [-0.4, -0.2) is 42.7 Å². The van der Waals surface area contributed by atoms with Gasteiger partial charge in [-0.2, -0.15) is 0 Å². The molecule has 3 aliphatic rings. The van der Waals surface area contributed by atoms with E-state index in [0.717, 1.165) is 11.0 Å². The molecule has 0 unspecified atom stereocenters. The van der Waals surface area contributed by atoms with Gasteiger partial charge in [-0.05, 0) is 63.7 Å². The van der Waals surface area contributed by atoms with Crippen LogP contribution in [0.25, 0.3) is 0 Å². The van der Waals surface area contributed by atoms with Gasteiger partial charge in [-0.3, -0.25) is 4.79 Å². The number of carboxylic acids is 1. The van der Waals surface area contributed by atoms with Gasteiger partial charge in [-0.25, -0.2) is 4.79 Å². The summed E-state index contributed by atoms with van der Waals surface area (Å²) in [5.74, 6) is -0.786. The molecule has 4 N–H and O–H groups in total. The predicted molar refractivity (Wildman–Crippen MR) is 145 cm³/mol. The molecule has 1 saturated carbocycles. The summed E-state index contributed by atoms with van der Waals surface area (Å²) >= 11 is 0. The third-order valence-electron chi connectivity index (χ3n) is 6.39. The van der Waals surface area contributed by atoms with Crippen LogP contribution in [-0.2, 0) is 4.79 Å². The molecule has 1 saturated heterocycles. The lowest BCUT2D eigenvalue weighted by Gasteiger charge is -2.45. The molecular formula is C29H43N3O3. The fourth-order valence-corrected chi connectivity index (χ4v) is 4.57. The van der Waals surface area contributed by atoms with Gasteiger partial charge in [0, 0.05) is 31.4 Å². The minimum atomic E-state index is -0.899. The molecular weight excluding hydrogens is 438 g/mol. The number of benzene rings is 1. The summed E-state index contributed by atoms with van der Waals surface area (Å²) in [7, 11) is 0. The number of hydrogen-bond acceptors (Lipinski definition) is 4. The molecule has 0 radical (unpaired) electrons. The highest BCUT2D eigenvalue weighted by Crippen LogP contribution is 2.38. The number of rotatable bonds is 5. The van der Waals surface area contributed by atoms with Gasteiger partial charge in [0.25, 0.3) is 0 Å². The lowest BCUT2D eigenvalue weighted by molar-refractivity contribution is -0.120. The maximum absolute atomic E-state index is 11.0. The number of allylic oxidation sites excluding steroid dienone is 4. The van der Waals surface area contributed by atoms with E-state index < -0.39 is 5.97 Å². The molecule has 1 spiro atoms. The smallest absolute Gasteiger partial charge is 0.337 e. The van der Waals surface area contributed by atoms with Gasteiger partial charge < -0.3 is 21.1 Å². The lowest BCUT2D eigenvalue weighted by atomic mass is 9.70. The van der Waals surface area contributed by atoms with Gasteiger partial charge in [0.2, 0.25) is 5.91 Å². The Balaban J connectivity index is 0.000000188. The van der Waals surface area contributed by atoms with E-state index in [1.54, 1.807) is 18.2 Å². The van der Waals surface area contributed by atoms with Crippen molar-refractivity contribution in [2.24, 2.45) is 5.41 Å². The monoisotopic (exact) mass is 481 g/mol. The maximum atomic E-state index is 11.0. The van der Waals surface area contributed by atoms with E-state index in [0.29, 0.717) is 24.2 Å². The Morgan fingerprint density at radius 3 is 2.34 bits per heavy atom. The van der Waals surface area contributed by atoms with Crippen LogP contribution in [0.2, 0.25) is 0 Å². The van der Waals surface area contributed by atoms with Gasteiger partial charge in [0.1, 0.15) is 0 Å². The number of para-hydroxylation sites is 1. The van der Waals surface area contributed by atoms with Gasteiger partial charge >= 0.3 is 5.97 Å². The first-order chi connectivity index (χ1) is 16.7. The highest BCUT2D eigenvalue weighted by Gasteiger charge is 2.37. The predicted octanol–water partition coefficient (Wildman–Crippen LogP) is 5.70. The Morgan fingerprint density at radius 2 is 1.83 bits per heavy atom. The van der Waals surface area contributed by atoms with E-state index >= 15 is 0 Å². The SMILES string of the molecule is C/C=C\C(C)=C/C1=CCNC(=O)C1.C1CCC2(CC1)CNC2.CC(C)Nc1ccccc1C(=O)O. The van der Waals surface area contributed by atoms with Crippen molar-refractivity contribution in [3.8, 4) is 0 Å². The zero-order valence-corrected chi connectivity index (χ0v) is 21.8. The molecule has 0 bridgehead atoms. The molecule has 1 aliphatic carbocycles. The van der Waals surface area contributed by atoms with Crippen LogP contribution in [0.15, 0.2) is 59.7 Å². The van der Waals surface area contributed by atoms with Gasteiger partial charge in [0.15, 0.2) is 0 Å². The Hall–Kier alpha value is -2.86. The summed E-state index contributed by atoms with van der Waals surface area (Å²) in [5.41, 5.74) is 4.07. The van der Waals surface area contributed by atoms with Gasteiger partial charge in [0.05, 0.1) is 12.0 Å². The average Bonchev–Trinajstić information content (AvgIpc) is 2.79. The number of aromatic carboxylic acids is 1. The van der Waals surface area contributed by atoms with Crippen LogP contribution in [0.4, 0.5) is 5.69 Å². The maximum Gasteiger partial charge on any atom is 0.337 e. The van der Waals surface area contributed by atoms with Crippen molar-refractivity contribution < 1.29 is 14.7 Å². The van der Waals surface area contributed by atoms with Crippen molar-refractivity contribution in [1.82, 2.24) is 10.6 Å². The second-order valence-corrected chi connectivity index (χ2v) is 9.96. The van der Waals surface area contributed by atoms with E-state index in [1.165, 1.54) is 50.8 Å². The van der Waals surface area contributed by atoms with E-state index in [9.17, 15) is 9.59 Å². The minimum absolute atomic E-state index is 0.113. The molecule has 1 aromatic rings. The van der Waals surface area contributed by atoms with Crippen LogP contribution >= 0.6 is 0 Å². The molecule has 0 atom stereocenters. The summed E-state index contributed by atoms with van der Waals surface area (Å²) in [5, 5.41) is 18.0. The van der Waals surface area contributed by atoms with Crippen LogP contribution in [0.5, 0.6) is 0 Å². The molecule has 2 heterocycles. The number of carbonyl (C=O) groups is 2. The summed E-state index contributed by atoms with van der Waals surface area (Å²) in [6.45, 7) is 11.2. The summed E-state index contributed by atoms with van der Waals surface area (Å²) in [4.78, 5) is 21.8. The third kappa shape index (κ3) is 10.1. The van der Waals surface area contributed by atoms with E-state index in [-0.39, 0.29) is 11.9 Å². The van der Waals surface area contributed by atoms with E-state index in [4.69, 9.17) is 5.11 Å². The molecule has 4 rings (SSSR count). The second-order valence-electron chi connectivity index (χ2n) is 9.96. The first-order valence-corrected chi connectivity index (χ1v) is 12.8. The topological polar surface area (TPSA) is 90.5 Å². The Kier molecular flexibility index (Phi) is 11.8. The van der Waals surface area contributed by atoms with Crippen LogP contribution < -0.4 is 16.0 Å². The summed E-state index contributed by atoms with van der Waals surface area (Å²) in [6, 6.07) is 7.13. The van der Waals surface area contributed by atoms with Crippen molar-refractivity contribution in [3.05, 3.63) is 65.3 Å². The average molecular weight is 482 g/mol. The number of hydrogen-bond donors (Lipinski definition) is 4. The minimum Gasteiger partial charge on any atom is -0.478 e. The molecule has 1 aromatic carbocycles. The van der Waals surface area contributed by atoms with Crippen molar-refractivity contribution in [2.45, 2.75) is 72.3 Å². The molecule has 1 amide bonds. The molecule has 2 aliphatic heterocycles. The lowest BCUT2D eigenvalue weighted by Crippen LogP contribution is -2.54.